The summed E-state index contributed by atoms with van der Waals surface area (Å²) in [6.07, 6.45) is -8.95. The second kappa shape index (κ2) is 12.9. The van der Waals surface area contributed by atoms with Gasteiger partial charge in [-0.05, 0) is 32.9 Å². The summed E-state index contributed by atoms with van der Waals surface area (Å²) in [7, 11) is 1.97. The molecule has 2 aliphatic heterocycles. The first-order valence-corrected chi connectivity index (χ1v) is 10.9. The number of carboxylic acids is 2. The molecular formula is C20H27F6N5O7. The molecular weight excluding hydrogens is 536 g/mol. The van der Waals surface area contributed by atoms with Gasteiger partial charge in [0.1, 0.15) is 11.2 Å². The number of likely N-dealkylation sites (N-methyl/N-ethyl adjacent to an activating group) is 1. The molecule has 0 saturated carbocycles. The molecule has 1 aromatic rings. The molecule has 0 radical (unpaired) electrons. The number of aromatic amines is 1. The van der Waals surface area contributed by atoms with Crippen molar-refractivity contribution in [1.29, 1.82) is 0 Å². The third-order valence-electron chi connectivity index (χ3n) is 5.78. The smallest absolute Gasteiger partial charge is 0.475 e. The van der Waals surface area contributed by atoms with Gasteiger partial charge in [0, 0.05) is 38.4 Å². The molecule has 0 aromatic carbocycles. The van der Waals surface area contributed by atoms with Gasteiger partial charge in [0.15, 0.2) is 0 Å². The Bertz CT molecular complexity index is 966. The Labute approximate surface area is 211 Å². The predicted octanol–water partition coefficient (Wildman–Crippen LogP) is 0.726. The molecule has 216 valence electrons. The number of nitrogens with zero attached hydrogens (tertiary/aromatic N) is 4. The van der Waals surface area contributed by atoms with Gasteiger partial charge in [0.2, 0.25) is 5.91 Å². The number of hydrogen-bond donors (Lipinski definition) is 4. The van der Waals surface area contributed by atoms with E-state index in [4.69, 9.17) is 24.9 Å². The number of hydrogen-bond acceptors (Lipinski definition) is 7. The molecule has 2 aliphatic rings. The third kappa shape index (κ3) is 8.57. The highest BCUT2D eigenvalue weighted by Gasteiger charge is 2.49. The summed E-state index contributed by atoms with van der Waals surface area (Å²) in [4.78, 5) is 48.8. The molecule has 4 N–H and O–H groups in total. The number of carboxylic acid groups (broad SMARTS) is 2. The van der Waals surface area contributed by atoms with Crippen LogP contribution in [0.25, 0.3) is 0 Å². The van der Waals surface area contributed by atoms with E-state index in [1.165, 1.54) is 0 Å². The van der Waals surface area contributed by atoms with Gasteiger partial charge >= 0.3 is 24.3 Å². The van der Waals surface area contributed by atoms with E-state index in [1.807, 2.05) is 14.0 Å². The van der Waals surface area contributed by atoms with Crippen molar-refractivity contribution in [3.05, 3.63) is 17.5 Å². The Balaban J connectivity index is 0.000000426. The van der Waals surface area contributed by atoms with Crippen molar-refractivity contribution in [1.82, 2.24) is 24.9 Å². The number of aliphatic hydroxyl groups excluding tert-OH is 1. The Morgan fingerprint density at radius 3 is 1.84 bits per heavy atom. The van der Waals surface area contributed by atoms with Gasteiger partial charge in [-0.3, -0.25) is 19.6 Å². The van der Waals surface area contributed by atoms with Crippen LogP contribution in [0.15, 0.2) is 6.07 Å². The largest absolute Gasteiger partial charge is 0.490 e. The molecule has 2 fully saturated rings. The number of aryl methyl sites for hydroxylation is 1. The van der Waals surface area contributed by atoms with Crippen molar-refractivity contribution in [2.45, 2.75) is 37.7 Å². The maximum absolute atomic E-state index is 12.9. The van der Waals surface area contributed by atoms with E-state index in [-0.39, 0.29) is 18.4 Å². The second-order valence-corrected chi connectivity index (χ2v) is 8.30. The van der Waals surface area contributed by atoms with Crippen molar-refractivity contribution >= 4 is 23.8 Å². The van der Waals surface area contributed by atoms with Crippen LogP contribution in [0.1, 0.15) is 29.0 Å². The molecule has 3 rings (SSSR count). The average Bonchev–Trinajstić information content (AvgIpc) is 3.25. The van der Waals surface area contributed by atoms with E-state index in [0.29, 0.717) is 44.7 Å². The first kappa shape index (κ1) is 32.6. The maximum atomic E-state index is 12.9. The number of nitrogens with one attached hydrogen (secondary N) is 1. The molecule has 38 heavy (non-hydrogen) atoms. The number of aromatic nitrogens is 2. The van der Waals surface area contributed by atoms with Crippen LogP contribution in [0.2, 0.25) is 0 Å². The topological polar surface area (TPSA) is 167 Å². The van der Waals surface area contributed by atoms with E-state index in [9.17, 15) is 35.9 Å². The molecule has 18 heteroatoms. The number of piperazine rings is 1. The fourth-order valence-electron chi connectivity index (χ4n) is 3.74. The minimum Gasteiger partial charge on any atom is -0.475 e. The minimum atomic E-state index is -5.08. The highest BCUT2D eigenvalue weighted by Crippen LogP contribution is 2.33. The number of halogens is 6. The third-order valence-corrected chi connectivity index (χ3v) is 5.78. The summed E-state index contributed by atoms with van der Waals surface area (Å²) in [6, 6.07) is 1.74. The molecule has 12 nitrogen and oxygen atoms in total. The normalized spacial score (nSPS) is 17.8. The molecule has 1 aromatic heterocycles. The number of alkyl halides is 6. The number of aliphatic hydroxyl groups is 1. The van der Waals surface area contributed by atoms with E-state index >= 15 is 0 Å². The van der Waals surface area contributed by atoms with Gasteiger partial charge in [-0.2, -0.15) is 31.4 Å². The lowest BCUT2D eigenvalue weighted by Gasteiger charge is -2.51. The van der Waals surface area contributed by atoms with Crippen LogP contribution >= 0.6 is 0 Å². The molecule has 2 saturated heterocycles. The average molecular weight is 563 g/mol. The standard InChI is InChI=1S/C16H25N5O3.2C2HF3O2/c1-12-11-13(18-17-12)14(23)20-5-3-16(4-6-20)15(24)21(9-10-22)8-7-19(16)2;2*3-2(4,5)1(6)7/h11,22H,3-10H2,1-2H3,(H,17,18);2*(H,6,7). The van der Waals surface area contributed by atoms with Gasteiger partial charge in [-0.15, -0.1) is 0 Å². The van der Waals surface area contributed by atoms with Crippen LogP contribution < -0.4 is 0 Å². The zero-order chi connectivity index (χ0) is 29.5. The van der Waals surface area contributed by atoms with Crippen molar-refractivity contribution in [2.75, 3.05) is 46.4 Å². The van der Waals surface area contributed by atoms with Crippen LogP contribution in [0.4, 0.5) is 26.3 Å². The highest BCUT2D eigenvalue weighted by atomic mass is 19.4. The summed E-state index contributed by atoms with van der Waals surface area (Å²) in [5.74, 6) is -5.53. The molecule has 2 amide bonds. The molecule has 3 heterocycles. The number of β-amino-alcohol motifs (C(OH)–C–C–N with tert-alkyl or cyclic N) is 1. The first-order chi connectivity index (χ1) is 17.4. The molecule has 0 bridgehead atoms. The summed E-state index contributed by atoms with van der Waals surface area (Å²) in [5, 5.41) is 30.2. The number of likely N-dealkylation sites (tertiary alicyclic amines) is 1. The van der Waals surface area contributed by atoms with E-state index < -0.39 is 29.8 Å². The number of piperidine rings is 1. The lowest BCUT2D eigenvalue weighted by atomic mass is 9.82. The fraction of sp³-hybridized carbons (Fsp3) is 0.650. The number of amides is 2. The number of rotatable bonds is 3. The Kier molecular flexibility index (Phi) is 11.1. The number of aliphatic carboxylic acids is 2. The van der Waals surface area contributed by atoms with Crippen molar-refractivity contribution in [3.63, 3.8) is 0 Å². The summed E-state index contributed by atoms with van der Waals surface area (Å²) in [6.45, 7) is 4.73. The van der Waals surface area contributed by atoms with Gasteiger partial charge in [-0.25, -0.2) is 9.59 Å². The monoisotopic (exact) mass is 563 g/mol. The quantitative estimate of drug-likeness (QED) is 0.388. The van der Waals surface area contributed by atoms with Crippen LogP contribution in [-0.4, -0.2) is 128 Å². The van der Waals surface area contributed by atoms with Gasteiger partial charge in [-0.1, -0.05) is 0 Å². The molecule has 0 unspecified atom stereocenters. The summed E-state index contributed by atoms with van der Waals surface area (Å²) < 4.78 is 63.5. The molecule has 0 aliphatic carbocycles. The lowest BCUT2D eigenvalue weighted by Crippen LogP contribution is -2.68. The first-order valence-electron chi connectivity index (χ1n) is 10.9. The van der Waals surface area contributed by atoms with Gasteiger partial charge < -0.3 is 25.1 Å². The van der Waals surface area contributed by atoms with Crippen LogP contribution in [0.3, 0.4) is 0 Å². The zero-order valence-electron chi connectivity index (χ0n) is 20.3. The number of carbonyl (C=O) groups excluding carboxylic acids is 2. The van der Waals surface area contributed by atoms with Crippen LogP contribution in [-0.2, 0) is 14.4 Å². The fourth-order valence-corrected chi connectivity index (χ4v) is 3.74. The Morgan fingerprint density at radius 1 is 1.00 bits per heavy atom. The molecule has 0 atom stereocenters. The van der Waals surface area contributed by atoms with Crippen LogP contribution in [0, 0.1) is 6.92 Å². The highest BCUT2D eigenvalue weighted by molar-refractivity contribution is 5.93. The summed E-state index contributed by atoms with van der Waals surface area (Å²) >= 11 is 0. The lowest BCUT2D eigenvalue weighted by molar-refractivity contribution is -0.193. The van der Waals surface area contributed by atoms with E-state index in [1.54, 1.807) is 15.9 Å². The van der Waals surface area contributed by atoms with Crippen LogP contribution in [0.5, 0.6) is 0 Å². The predicted molar refractivity (Wildman–Crippen MR) is 115 cm³/mol. The number of H-pyrrole nitrogens is 1. The Morgan fingerprint density at radius 2 is 1.47 bits per heavy atom. The van der Waals surface area contributed by atoms with Crippen molar-refractivity contribution < 1.29 is 60.8 Å². The van der Waals surface area contributed by atoms with Gasteiger partial charge in [0.25, 0.3) is 5.91 Å². The van der Waals surface area contributed by atoms with Crippen molar-refractivity contribution in [3.8, 4) is 0 Å². The maximum Gasteiger partial charge on any atom is 0.490 e. The summed E-state index contributed by atoms with van der Waals surface area (Å²) in [5.41, 5.74) is 0.730. The van der Waals surface area contributed by atoms with E-state index in [0.717, 1.165) is 12.2 Å². The Hall–Kier alpha value is -3.41. The zero-order valence-corrected chi connectivity index (χ0v) is 20.3. The number of carbonyl (C=O) groups is 4. The van der Waals surface area contributed by atoms with E-state index in [2.05, 4.69) is 15.1 Å². The molecule has 1 spiro atoms. The second-order valence-electron chi connectivity index (χ2n) is 8.30. The van der Waals surface area contributed by atoms with Gasteiger partial charge in [0.05, 0.1) is 6.61 Å². The van der Waals surface area contributed by atoms with Crippen molar-refractivity contribution in [2.24, 2.45) is 0 Å². The SMILES string of the molecule is Cc1cc(C(=O)N2CCC3(CC2)C(=O)N(CCO)CCN3C)n[nH]1.O=C(O)C(F)(F)F.O=C(O)C(F)(F)F. The minimum absolute atomic E-state index is 0.0192.